The molecule has 198 valence electrons. The topological polar surface area (TPSA) is 86.8 Å². The summed E-state index contributed by atoms with van der Waals surface area (Å²) < 4.78 is 26.3. The number of anilines is 1. The van der Waals surface area contributed by atoms with E-state index < -0.39 is 28.5 Å². The van der Waals surface area contributed by atoms with Crippen LogP contribution in [0.5, 0.6) is 0 Å². The quantitative estimate of drug-likeness (QED) is 0.356. The van der Waals surface area contributed by atoms with E-state index in [4.69, 9.17) is 46.4 Å². The number of carbonyl (C=O) groups excluding carboxylic acids is 2. The molecule has 0 bridgehead atoms. The molecule has 0 aliphatic carbocycles. The molecule has 0 unspecified atom stereocenters. The predicted octanol–water partition coefficient (Wildman–Crippen LogP) is 5.79. The minimum absolute atomic E-state index is 0.00301. The van der Waals surface area contributed by atoms with Gasteiger partial charge in [-0.1, -0.05) is 66.3 Å². The predicted molar refractivity (Wildman–Crippen MR) is 148 cm³/mol. The van der Waals surface area contributed by atoms with Crippen LogP contribution in [0.2, 0.25) is 20.1 Å². The van der Waals surface area contributed by atoms with Crippen LogP contribution in [0.15, 0.2) is 36.4 Å². The fourth-order valence-corrected chi connectivity index (χ4v) is 5.08. The Morgan fingerprint density at radius 1 is 0.944 bits per heavy atom. The highest BCUT2D eigenvalue weighted by atomic mass is 35.5. The molecule has 0 heterocycles. The molecule has 0 aromatic heterocycles. The second kappa shape index (κ2) is 13.2. The summed E-state index contributed by atoms with van der Waals surface area (Å²) in [7, 11) is -3.94. The molecule has 1 N–H and O–H groups in total. The maximum Gasteiger partial charge on any atom is 0.244 e. The van der Waals surface area contributed by atoms with Gasteiger partial charge in [0, 0.05) is 17.6 Å². The molecule has 0 saturated heterocycles. The summed E-state index contributed by atoms with van der Waals surface area (Å²) in [6.45, 7) is 4.99. The molecule has 2 aromatic rings. The van der Waals surface area contributed by atoms with Crippen molar-refractivity contribution in [3.05, 3.63) is 62.1 Å². The van der Waals surface area contributed by atoms with Crippen LogP contribution in [0.25, 0.3) is 0 Å². The number of hydrogen-bond donors (Lipinski definition) is 1. The SMILES string of the molecule is CC[C@H](C(=O)N[C@@H](C)CC)N(Cc1ccc(Cl)c(Cl)c1)C(=O)CN(c1cc(Cl)ccc1Cl)S(C)(=O)=O. The molecule has 0 saturated carbocycles. The average Bonchev–Trinajstić information content (AvgIpc) is 2.80. The van der Waals surface area contributed by atoms with Crippen molar-refractivity contribution in [1.82, 2.24) is 10.2 Å². The minimum Gasteiger partial charge on any atom is -0.352 e. The monoisotopic (exact) mass is 595 g/mol. The smallest absolute Gasteiger partial charge is 0.244 e. The molecule has 12 heteroatoms. The lowest BCUT2D eigenvalue weighted by atomic mass is 10.1. The van der Waals surface area contributed by atoms with Gasteiger partial charge in [0.15, 0.2) is 0 Å². The maximum atomic E-state index is 13.7. The Bertz CT molecular complexity index is 1210. The van der Waals surface area contributed by atoms with Gasteiger partial charge in [0.1, 0.15) is 12.6 Å². The molecule has 36 heavy (non-hydrogen) atoms. The van der Waals surface area contributed by atoms with E-state index in [1.54, 1.807) is 25.1 Å². The van der Waals surface area contributed by atoms with E-state index in [0.717, 1.165) is 10.6 Å². The van der Waals surface area contributed by atoms with Gasteiger partial charge in [-0.05, 0) is 55.7 Å². The van der Waals surface area contributed by atoms with Gasteiger partial charge in [0.05, 0.1) is 27.0 Å². The Labute approximate surface area is 232 Å². The molecule has 0 fully saturated rings. The fourth-order valence-electron chi connectivity index (χ4n) is 3.47. The summed E-state index contributed by atoms with van der Waals surface area (Å²) in [5.74, 6) is -0.944. The molecular formula is C24H29Cl4N3O4S. The molecule has 0 spiro atoms. The number of carbonyl (C=O) groups is 2. The first-order valence-electron chi connectivity index (χ1n) is 11.2. The number of amides is 2. The van der Waals surface area contributed by atoms with Crippen LogP contribution >= 0.6 is 46.4 Å². The molecule has 0 aliphatic rings. The van der Waals surface area contributed by atoms with E-state index in [0.29, 0.717) is 28.5 Å². The van der Waals surface area contributed by atoms with Crippen LogP contribution in [0, 0.1) is 0 Å². The number of nitrogens with one attached hydrogen (secondary N) is 1. The lowest BCUT2D eigenvalue weighted by Crippen LogP contribution is -2.53. The standard InChI is InChI=1S/C24H29Cl4N3O4S/c1-5-15(3)29-24(33)21(6-2)30(13-16-7-9-18(26)20(28)11-16)23(32)14-31(36(4,34)35)22-12-17(25)8-10-19(22)27/h7-12,15,21H,5-6,13-14H2,1-4H3,(H,29,33)/t15-,21+/m0/s1. The molecule has 2 atom stereocenters. The van der Waals surface area contributed by atoms with Crippen LogP contribution in [-0.2, 0) is 26.2 Å². The fraction of sp³-hybridized carbons (Fsp3) is 0.417. The van der Waals surface area contributed by atoms with Crippen LogP contribution in [0.1, 0.15) is 39.2 Å². The Hall–Kier alpha value is -1.71. The van der Waals surface area contributed by atoms with E-state index in [9.17, 15) is 18.0 Å². The third-order valence-corrected chi connectivity index (χ3v) is 8.00. The van der Waals surface area contributed by atoms with Crippen LogP contribution in [0.4, 0.5) is 5.69 Å². The molecule has 7 nitrogen and oxygen atoms in total. The maximum absolute atomic E-state index is 13.7. The number of sulfonamides is 1. The Morgan fingerprint density at radius 3 is 2.14 bits per heavy atom. The van der Waals surface area contributed by atoms with E-state index >= 15 is 0 Å². The summed E-state index contributed by atoms with van der Waals surface area (Å²) in [5.41, 5.74) is 0.686. The number of hydrogen-bond acceptors (Lipinski definition) is 4. The highest BCUT2D eigenvalue weighted by Crippen LogP contribution is 2.31. The Balaban J connectivity index is 2.51. The van der Waals surface area contributed by atoms with Crippen molar-refractivity contribution >= 4 is 73.9 Å². The number of nitrogens with zero attached hydrogens (tertiary/aromatic N) is 2. The number of halogens is 4. The van der Waals surface area contributed by atoms with Crippen molar-refractivity contribution in [2.24, 2.45) is 0 Å². The molecule has 0 radical (unpaired) electrons. The molecule has 0 aliphatic heterocycles. The largest absolute Gasteiger partial charge is 0.352 e. The third kappa shape index (κ3) is 8.15. The van der Waals surface area contributed by atoms with Crippen molar-refractivity contribution < 1.29 is 18.0 Å². The van der Waals surface area contributed by atoms with Gasteiger partial charge in [-0.15, -0.1) is 0 Å². The van der Waals surface area contributed by atoms with E-state index in [-0.39, 0.29) is 34.2 Å². The molecule has 2 amide bonds. The normalized spacial score (nSPS) is 13.1. The summed E-state index contributed by atoms with van der Waals surface area (Å²) in [6.07, 6.45) is 1.97. The summed E-state index contributed by atoms with van der Waals surface area (Å²) in [5, 5.41) is 3.90. The van der Waals surface area contributed by atoms with Gasteiger partial charge >= 0.3 is 0 Å². The first kappa shape index (κ1) is 30.5. The molecular weight excluding hydrogens is 568 g/mol. The van der Waals surface area contributed by atoms with Crippen LogP contribution in [-0.4, -0.2) is 50.0 Å². The van der Waals surface area contributed by atoms with E-state index in [1.807, 2.05) is 13.8 Å². The lowest BCUT2D eigenvalue weighted by Gasteiger charge is -2.33. The first-order chi connectivity index (χ1) is 16.8. The van der Waals surface area contributed by atoms with Gasteiger partial charge in [-0.2, -0.15) is 0 Å². The lowest BCUT2D eigenvalue weighted by molar-refractivity contribution is -0.140. The first-order valence-corrected chi connectivity index (χ1v) is 14.6. The Kier molecular flexibility index (Phi) is 11.2. The van der Waals surface area contributed by atoms with Crippen LogP contribution < -0.4 is 9.62 Å². The highest BCUT2D eigenvalue weighted by Gasteiger charge is 2.32. The average molecular weight is 597 g/mol. The van der Waals surface area contributed by atoms with Crippen LogP contribution in [0.3, 0.4) is 0 Å². The van der Waals surface area contributed by atoms with E-state index in [2.05, 4.69) is 5.32 Å². The number of rotatable bonds is 11. The highest BCUT2D eigenvalue weighted by molar-refractivity contribution is 7.92. The zero-order valence-electron chi connectivity index (χ0n) is 20.4. The van der Waals surface area contributed by atoms with Gasteiger partial charge in [-0.3, -0.25) is 13.9 Å². The molecule has 2 rings (SSSR count). The van der Waals surface area contributed by atoms with Gasteiger partial charge in [0.2, 0.25) is 21.8 Å². The van der Waals surface area contributed by atoms with Gasteiger partial charge in [0.25, 0.3) is 0 Å². The third-order valence-electron chi connectivity index (χ3n) is 5.58. The zero-order chi connectivity index (χ0) is 27.2. The van der Waals surface area contributed by atoms with Crippen molar-refractivity contribution in [3.63, 3.8) is 0 Å². The van der Waals surface area contributed by atoms with E-state index in [1.165, 1.54) is 23.1 Å². The summed E-state index contributed by atoms with van der Waals surface area (Å²) in [6, 6.07) is 8.25. The van der Waals surface area contributed by atoms with Crippen molar-refractivity contribution in [2.75, 3.05) is 17.1 Å². The van der Waals surface area contributed by atoms with Crippen molar-refractivity contribution in [2.45, 2.75) is 52.2 Å². The van der Waals surface area contributed by atoms with Gasteiger partial charge < -0.3 is 10.2 Å². The van der Waals surface area contributed by atoms with Gasteiger partial charge in [-0.25, -0.2) is 8.42 Å². The second-order valence-electron chi connectivity index (χ2n) is 8.38. The summed E-state index contributed by atoms with van der Waals surface area (Å²) >= 11 is 24.5. The second-order valence-corrected chi connectivity index (χ2v) is 11.9. The minimum atomic E-state index is -3.94. The number of benzene rings is 2. The summed E-state index contributed by atoms with van der Waals surface area (Å²) in [4.78, 5) is 28.2. The Morgan fingerprint density at radius 2 is 1.58 bits per heavy atom. The van der Waals surface area contributed by atoms with Crippen molar-refractivity contribution in [1.29, 1.82) is 0 Å². The zero-order valence-corrected chi connectivity index (χ0v) is 24.2. The van der Waals surface area contributed by atoms with Crippen molar-refractivity contribution in [3.8, 4) is 0 Å². The molecule has 2 aromatic carbocycles.